The van der Waals surface area contributed by atoms with E-state index < -0.39 is 0 Å². The largest absolute Gasteiger partial charge is 0.299 e. The summed E-state index contributed by atoms with van der Waals surface area (Å²) in [6, 6.07) is 6.28. The summed E-state index contributed by atoms with van der Waals surface area (Å²) >= 11 is 0. The molecule has 1 aliphatic carbocycles. The van der Waals surface area contributed by atoms with Crippen molar-refractivity contribution >= 4 is 24.3 Å². The van der Waals surface area contributed by atoms with E-state index in [-0.39, 0.29) is 23.9 Å². The third-order valence-corrected chi connectivity index (χ3v) is 3.27. The summed E-state index contributed by atoms with van der Waals surface area (Å²) in [7, 11) is 2.04. The maximum absolute atomic E-state index is 11.5. The lowest BCUT2D eigenvalue weighted by atomic mass is 9.71. The number of carbonyl (C=O) groups is 2. The molecule has 1 fully saturated rings. The normalized spacial score (nSPS) is 17.3. The number of carbonyl (C=O) groups excluding carboxylic acids is 2. The van der Waals surface area contributed by atoms with Crippen LogP contribution in [0.3, 0.4) is 0 Å². The van der Waals surface area contributed by atoms with Crippen molar-refractivity contribution in [1.82, 2.24) is 0 Å². The first-order valence-electron chi connectivity index (χ1n) is 6.03. The molecule has 1 aliphatic rings. The Morgan fingerprint density at radius 3 is 2.35 bits per heavy atom. The third-order valence-electron chi connectivity index (χ3n) is 3.27. The third kappa shape index (κ3) is 2.84. The molecule has 1 radical (unpaired) electrons. The Labute approximate surface area is 103 Å². The van der Waals surface area contributed by atoms with E-state index in [1.807, 2.05) is 21.0 Å². The molecule has 0 spiro atoms. The van der Waals surface area contributed by atoms with Crippen molar-refractivity contribution in [1.29, 1.82) is 0 Å². The van der Waals surface area contributed by atoms with E-state index in [9.17, 15) is 9.59 Å². The number of hydrogen-bond donors (Lipinski definition) is 0. The van der Waals surface area contributed by atoms with Gasteiger partial charge in [0.15, 0.2) is 0 Å². The van der Waals surface area contributed by atoms with Crippen LogP contribution >= 0.6 is 0 Å². The molecular weight excluding hydrogens is 211 g/mol. The maximum Gasteiger partial charge on any atom is 0.148 e. The summed E-state index contributed by atoms with van der Waals surface area (Å²) in [4.78, 5) is 22.9. The van der Waals surface area contributed by atoms with Crippen molar-refractivity contribution in [3.05, 3.63) is 29.3 Å². The SMILES string of the molecule is C[B]c1cc(C)cc(C2CC(=O)CC(=O)C2)c1. The van der Waals surface area contributed by atoms with Gasteiger partial charge in [-0.2, -0.15) is 0 Å². The van der Waals surface area contributed by atoms with Gasteiger partial charge in [-0.15, -0.1) is 0 Å². The first kappa shape index (κ1) is 12.1. The van der Waals surface area contributed by atoms with Gasteiger partial charge < -0.3 is 0 Å². The van der Waals surface area contributed by atoms with Crippen LogP contribution in [0.15, 0.2) is 18.2 Å². The summed E-state index contributed by atoms with van der Waals surface area (Å²) in [6.07, 6.45) is 1.16. The molecule has 1 aromatic rings. The Hall–Kier alpha value is -1.38. The second-order valence-corrected chi connectivity index (χ2v) is 4.83. The minimum Gasteiger partial charge on any atom is -0.299 e. The van der Waals surface area contributed by atoms with Gasteiger partial charge in [0, 0.05) is 12.8 Å². The average molecular weight is 227 g/mol. The number of aryl methyl sites for hydroxylation is 1. The zero-order valence-corrected chi connectivity index (χ0v) is 10.3. The van der Waals surface area contributed by atoms with Crippen molar-refractivity contribution in [2.75, 3.05) is 0 Å². The Morgan fingerprint density at radius 2 is 1.76 bits per heavy atom. The standard InChI is InChI=1S/C14H16BO2/c1-9-3-10(5-12(4-9)15-2)11-6-13(16)8-14(17)7-11/h3-5,11H,6-8H2,1-2H3. The predicted octanol–water partition coefficient (Wildman–Crippen LogP) is 1.78. The molecule has 2 nitrogen and oxygen atoms in total. The molecule has 1 saturated carbocycles. The summed E-state index contributed by atoms with van der Waals surface area (Å²) in [5.41, 5.74) is 3.46. The number of hydrogen-bond acceptors (Lipinski definition) is 2. The van der Waals surface area contributed by atoms with Gasteiger partial charge in [0.05, 0.1) is 6.42 Å². The molecule has 0 heterocycles. The van der Waals surface area contributed by atoms with Gasteiger partial charge in [-0.05, 0) is 18.4 Å². The van der Waals surface area contributed by atoms with Crippen molar-refractivity contribution in [2.24, 2.45) is 0 Å². The molecule has 0 amide bonds. The molecule has 1 aromatic carbocycles. The van der Waals surface area contributed by atoms with Gasteiger partial charge in [-0.1, -0.05) is 36.0 Å². The maximum atomic E-state index is 11.5. The molecular formula is C14H16BO2. The van der Waals surface area contributed by atoms with Crippen LogP contribution in [0, 0.1) is 6.92 Å². The minimum atomic E-state index is 0.0785. The second kappa shape index (κ2) is 4.86. The fourth-order valence-electron chi connectivity index (χ4n) is 2.47. The van der Waals surface area contributed by atoms with E-state index >= 15 is 0 Å². The van der Waals surface area contributed by atoms with E-state index in [0.29, 0.717) is 12.8 Å². The number of rotatable bonds is 2. The molecule has 0 N–H and O–H groups in total. The molecule has 3 heteroatoms. The lowest BCUT2D eigenvalue weighted by Crippen LogP contribution is -2.22. The summed E-state index contributed by atoms with van der Waals surface area (Å²) in [6.45, 7) is 4.04. The van der Waals surface area contributed by atoms with E-state index in [0.717, 1.165) is 11.0 Å². The molecule has 0 aromatic heterocycles. The van der Waals surface area contributed by atoms with Crippen molar-refractivity contribution in [3.8, 4) is 0 Å². The lowest BCUT2D eigenvalue weighted by Gasteiger charge is -2.21. The zero-order valence-electron chi connectivity index (χ0n) is 10.3. The molecule has 2 rings (SSSR count). The van der Waals surface area contributed by atoms with E-state index in [2.05, 4.69) is 18.2 Å². The molecule has 17 heavy (non-hydrogen) atoms. The van der Waals surface area contributed by atoms with Gasteiger partial charge in [0.25, 0.3) is 0 Å². The lowest BCUT2D eigenvalue weighted by molar-refractivity contribution is -0.130. The van der Waals surface area contributed by atoms with Crippen molar-refractivity contribution in [3.63, 3.8) is 0 Å². The molecule has 0 bridgehead atoms. The smallest absolute Gasteiger partial charge is 0.148 e. The van der Waals surface area contributed by atoms with Crippen LogP contribution < -0.4 is 5.46 Å². The summed E-state index contributed by atoms with van der Waals surface area (Å²) in [5.74, 6) is 0.243. The Balaban J connectivity index is 2.29. The summed E-state index contributed by atoms with van der Waals surface area (Å²) in [5, 5.41) is 0. The first-order chi connectivity index (χ1) is 8.08. The molecule has 0 unspecified atom stereocenters. The van der Waals surface area contributed by atoms with Crippen LogP contribution in [-0.4, -0.2) is 18.8 Å². The van der Waals surface area contributed by atoms with Gasteiger partial charge in [0.1, 0.15) is 18.8 Å². The van der Waals surface area contributed by atoms with Crippen LogP contribution in [-0.2, 0) is 9.59 Å². The Kier molecular flexibility index (Phi) is 3.46. The number of Topliss-reactive ketones (excluding diaryl/α,β-unsaturated/α-hetero) is 2. The van der Waals surface area contributed by atoms with Crippen molar-refractivity contribution in [2.45, 2.75) is 38.9 Å². The van der Waals surface area contributed by atoms with Gasteiger partial charge in [0.2, 0.25) is 0 Å². The zero-order chi connectivity index (χ0) is 12.4. The van der Waals surface area contributed by atoms with E-state index in [4.69, 9.17) is 0 Å². The topological polar surface area (TPSA) is 34.1 Å². The van der Waals surface area contributed by atoms with Crippen LogP contribution in [0.5, 0.6) is 0 Å². The molecule has 87 valence electrons. The summed E-state index contributed by atoms with van der Waals surface area (Å²) < 4.78 is 0. The average Bonchev–Trinajstić information content (AvgIpc) is 2.26. The number of benzene rings is 1. The van der Waals surface area contributed by atoms with Crippen LogP contribution in [0.4, 0.5) is 0 Å². The molecule has 0 saturated heterocycles. The minimum absolute atomic E-state index is 0.0785. The predicted molar refractivity (Wildman–Crippen MR) is 69.0 cm³/mol. The molecule has 0 aliphatic heterocycles. The fourth-order valence-corrected chi connectivity index (χ4v) is 2.47. The van der Waals surface area contributed by atoms with Crippen LogP contribution in [0.2, 0.25) is 6.82 Å². The van der Waals surface area contributed by atoms with Crippen molar-refractivity contribution < 1.29 is 9.59 Å². The highest BCUT2D eigenvalue weighted by Gasteiger charge is 2.26. The fraction of sp³-hybridized carbons (Fsp3) is 0.429. The highest BCUT2D eigenvalue weighted by molar-refractivity contribution is 6.51. The molecule has 0 atom stereocenters. The van der Waals surface area contributed by atoms with Crippen LogP contribution in [0.25, 0.3) is 0 Å². The number of ketones is 2. The van der Waals surface area contributed by atoms with E-state index in [1.165, 1.54) is 5.56 Å². The van der Waals surface area contributed by atoms with Gasteiger partial charge in [-0.25, -0.2) is 0 Å². The highest BCUT2D eigenvalue weighted by atomic mass is 16.1. The quantitative estimate of drug-likeness (QED) is 0.570. The van der Waals surface area contributed by atoms with Crippen LogP contribution in [0.1, 0.15) is 36.3 Å². The first-order valence-corrected chi connectivity index (χ1v) is 6.03. The van der Waals surface area contributed by atoms with Gasteiger partial charge >= 0.3 is 0 Å². The monoisotopic (exact) mass is 227 g/mol. The Bertz CT molecular complexity index is 449. The van der Waals surface area contributed by atoms with E-state index in [1.54, 1.807) is 0 Å². The second-order valence-electron chi connectivity index (χ2n) is 4.83. The Morgan fingerprint density at radius 1 is 1.12 bits per heavy atom. The highest BCUT2D eigenvalue weighted by Crippen LogP contribution is 2.29. The van der Waals surface area contributed by atoms with Gasteiger partial charge in [-0.3, -0.25) is 9.59 Å².